The summed E-state index contributed by atoms with van der Waals surface area (Å²) in [6.07, 6.45) is 13.7. The highest BCUT2D eigenvalue weighted by molar-refractivity contribution is 6.30. The van der Waals surface area contributed by atoms with Gasteiger partial charge in [0.2, 0.25) is 0 Å². The molecule has 0 unspecified atom stereocenters. The minimum Gasteiger partial charge on any atom is -0.159 e. The van der Waals surface area contributed by atoms with Gasteiger partial charge in [-0.05, 0) is 107 Å². The molecule has 3 heteroatoms. The van der Waals surface area contributed by atoms with Crippen molar-refractivity contribution in [3.05, 3.63) is 136 Å². The van der Waals surface area contributed by atoms with Crippen molar-refractivity contribution in [1.29, 1.82) is 0 Å². The summed E-state index contributed by atoms with van der Waals surface area (Å²) in [6, 6.07) is 30.2. The van der Waals surface area contributed by atoms with Crippen LogP contribution >= 0.6 is 11.6 Å². The summed E-state index contributed by atoms with van der Waals surface area (Å²) in [5, 5.41) is 12.5. The number of rotatable bonds is 2. The van der Waals surface area contributed by atoms with Gasteiger partial charge < -0.3 is 0 Å². The average molecular weight is 513 g/mol. The van der Waals surface area contributed by atoms with Crippen LogP contribution in [-0.4, -0.2) is 10.2 Å². The van der Waals surface area contributed by atoms with Gasteiger partial charge in [0.25, 0.3) is 0 Å². The standard InChI is InChI=1S/C27H23Cl.C8H6N2/c28-22-11-9-20(10-12-22)27(15-16-27)21-8-5-19-7-13-24-23-4-2-1-3-18(23)6-14-25(24)26(19)17-21;1-2-4-8-7(3-1)5-6-9-10-8/h2,4-5,7-13,17H,1,3,6,14-16H2;1-6H. The van der Waals surface area contributed by atoms with Gasteiger partial charge in [0.05, 0.1) is 11.7 Å². The minimum absolute atomic E-state index is 0.186. The summed E-state index contributed by atoms with van der Waals surface area (Å²) in [5.41, 5.74) is 10.2. The summed E-state index contributed by atoms with van der Waals surface area (Å²) >= 11 is 6.13. The zero-order chi connectivity index (χ0) is 25.5. The third kappa shape index (κ3) is 4.14. The van der Waals surface area contributed by atoms with Gasteiger partial charge in [-0.3, -0.25) is 0 Å². The third-order valence-corrected chi connectivity index (χ3v) is 8.75. The Kier molecular flexibility index (Phi) is 5.86. The fourth-order valence-corrected chi connectivity index (χ4v) is 6.42. The smallest absolute Gasteiger partial charge is 0.0929 e. The van der Waals surface area contributed by atoms with Crippen LogP contribution in [0.3, 0.4) is 0 Å². The molecule has 1 heterocycles. The Hall–Kier alpha value is -3.75. The second-order valence-corrected chi connectivity index (χ2v) is 11.1. The van der Waals surface area contributed by atoms with E-state index in [0.717, 1.165) is 15.9 Å². The van der Waals surface area contributed by atoms with Gasteiger partial charge in [-0.1, -0.05) is 83.9 Å². The van der Waals surface area contributed by atoms with Crippen LogP contribution in [0, 0.1) is 0 Å². The largest absolute Gasteiger partial charge is 0.159 e. The lowest BCUT2D eigenvalue weighted by Gasteiger charge is -2.26. The first-order valence-corrected chi connectivity index (χ1v) is 14.0. The highest BCUT2D eigenvalue weighted by Crippen LogP contribution is 2.54. The van der Waals surface area contributed by atoms with E-state index in [2.05, 4.69) is 64.8 Å². The van der Waals surface area contributed by atoms with Crippen molar-refractivity contribution in [3.8, 4) is 0 Å². The SMILES string of the molecule is Clc1ccc(C2(c3ccc4ccc5c(c4c3)CCC3=C5C=CCC3)CC2)cc1.c1ccc2nnccc2c1. The molecule has 1 saturated carbocycles. The molecule has 0 bridgehead atoms. The molecule has 1 fully saturated rings. The molecule has 2 nitrogen and oxygen atoms in total. The van der Waals surface area contributed by atoms with E-state index in [-0.39, 0.29) is 5.41 Å². The summed E-state index contributed by atoms with van der Waals surface area (Å²) < 4.78 is 0. The first kappa shape index (κ1) is 23.4. The van der Waals surface area contributed by atoms with Gasteiger partial charge in [-0.2, -0.15) is 10.2 Å². The van der Waals surface area contributed by atoms with E-state index in [1.165, 1.54) is 71.6 Å². The number of hydrogen-bond donors (Lipinski definition) is 0. The second kappa shape index (κ2) is 9.53. The summed E-state index contributed by atoms with van der Waals surface area (Å²) in [4.78, 5) is 0. The molecule has 0 amide bonds. The van der Waals surface area contributed by atoms with E-state index in [1.54, 1.807) is 17.3 Å². The van der Waals surface area contributed by atoms with Crippen molar-refractivity contribution in [1.82, 2.24) is 10.2 Å². The zero-order valence-corrected chi connectivity index (χ0v) is 22.1. The molecule has 0 saturated heterocycles. The molecular formula is C35H29ClN2. The first-order valence-electron chi connectivity index (χ1n) is 13.6. The van der Waals surface area contributed by atoms with E-state index in [9.17, 15) is 0 Å². The van der Waals surface area contributed by atoms with Crippen LogP contribution in [0.15, 0.2) is 109 Å². The van der Waals surface area contributed by atoms with Gasteiger partial charge in [-0.15, -0.1) is 0 Å². The van der Waals surface area contributed by atoms with Gasteiger partial charge in [-0.25, -0.2) is 0 Å². The first-order chi connectivity index (χ1) is 18.7. The monoisotopic (exact) mass is 512 g/mol. The fourth-order valence-electron chi connectivity index (χ4n) is 6.29. The zero-order valence-electron chi connectivity index (χ0n) is 21.3. The number of allylic oxidation sites excluding steroid dienone is 4. The molecule has 0 spiro atoms. The Morgan fingerprint density at radius 2 is 1.55 bits per heavy atom. The lowest BCUT2D eigenvalue weighted by Crippen LogP contribution is -2.10. The summed E-state index contributed by atoms with van der Waals surface area (Å²) in [5.74, 6) is 0. The molecule has 4 aromatic carbocycles. The quantitative estimate of drug-likeness (QED) is 0.235. The van der Waals surface area contributed by atoms with Crippen molar-refractivity contribution in [2.45, 2.75) is 43.9 Å². The molecular weight excluding hydrogens is 484 g/mol. The van der Waals surface area contributed by atoms with E-state index in [4.69, 9.17) is 11.6 Å². The maximum atomic E-state index is 6.13. The van der Waals surface area contributed by atoms with Gasteiger partial charge in [0, 0.05) is 15.8 Å². The Labute approximate surface area is 228 Å². The molecule has 3 aliphatic carbocycles. The molecule has 38 heavy (non-hydrogen) atoms. The van der Waals surface area contributed by atoms with Gasteiger partial charge in [0.15, 0.2) is 0 Å². The topological polar surface area (TPSA) is 25.8 Å². The van der Waals surface area contributed by atoms with Crippen LogP contribution in [0.4, 0.5) is 0 Å². The fraction of sp³-hybridized carbons (Fsp3) is 0.200. The molecule has 0 aliphatic heterocycles. The van der Waals surface area contributed by atoms with Crippen molar-refractivity contribution in [2.24, 2.45) is 0 Å². The normalized spacial score (nSPS) is 17.0. The lowest BCUT2D eigenvalue weighted by molar-refractivity contribution is 0.829. The Morgan fingerprint density at radius 1 is 0.737 bits per heavy atom. The number of benzene rings is 4. The highest BCUT2D eigenvalue weighted by Gasteiger charge is 2.45. The number of aromatic nitrogens is 2. The number of hydrogen-bond acceptors (Lipinski definition) is 2. The van der Waals surface area contributed by atoms with Crippen LogP contribution in [0.25, 0.3) is 27.2 Å². The van der Waals surface area contributed by atoms with Crippen molar-refractivity contribution in [3.63, 3.8) is 0 Å². The number of nitrogens with zero attached hydrogens (tertiary/aromatic N) is 2. The Balaban J connectivity index is 0.000000203. The number of fused-ring (bicyclic) bond motifs is 5. The molecule has 1 aromatic heterocycles. The van der Waals surface area contributed by atoms with E-state index < -0.39 is 0 Å². The van der Waals surface area contributed by atoms with Crippen LogP contribution in [0.1, 0.15) is 54.4 Å². The van der Waals surface area contributed by atoms with Crippen LogP contribution in [0.5, 0.6) is 0 Å². The van der Waals surface area contributed by atoms with Crippen molar-refractivity contribution >= 4 is 38.8 Å². The highest BCUT2D eigenvalue weighted by atomic mass is 35.5. The third-order valence-electron chi connectivity index (χ3n) is 8.50. The maximum absolute atomic E-state index is 6.13. The lowest BCUT2D eigenvalue weighted by atomic mass is 9.78. The number of aryl methyl sites for hydroxylation is 1. The van der Waals surface area contributed by atoms with Crippen molar-refractivity contribution < 1.29 is 0 Å². The predicted octanol–water partition coefficient (Wildman–Crippen LogP) is 9.25. The van der Waals surface area contributed by atoms with Crippen molar-refractivity contribution in [2.75, 3.05) is 0 Å². The Morgan fingerprint density at radius 3 is 2.39 bits per heavy atom. The van der Waals surface area contributed by atoms with Gasteiger partial charge in [0.1, 0.15) is 0 Å². The number of halogens is 1. The molecule has 186 valence electrons. The molecule has 8 rings (SSSR count). The molecule has 0 N–H and O–H groups in total. The summed E-state index contributed by atoms with van der Waals surface area (Å²) in [6.45, 7) is 0. The maximum Gasteiger partial charge on any atom is 0.0929 e. The van der Waals surface area contributed by atoms with Crippen LogP contribution in [0.2, 0.25) is 5.02 Å². The molecule has 3 aliphatic rings. The molecule has 0 atom stereocenters. The van der Waals surface area contributed by atoms with E-state index >= 15 is 0 Å². The van der Waals surface area contributed by atoms with Crippen LogP contribution < -0.4 is 0 Å². The van der Waals surface area contributed by atoms with Gasteiger partial charge >= 0.3 is 0 Å². The molecule has 5 aromatic rings. The second-order valence-electron chi connectivity index (χ2n) is 10.7. The Bertz CT molecular complexity index is 1660. The van der Waals surface area contributed by atoms with Crippen LogP contribution in [-0.2, 0) is 11.8 Å². The predicted molar refractivity (Wildman–Crippen MR) is 159 cm³/mol. The average Bonchev–Trinajstić information content (AvgIpc) is 3.79. The van der Waals surface area contributed by atoms with E-state index in [1.807, 2.05) is 42.5 Å². The summed E-state index contributed by atoms with van der Waals surface area (Å²) in [7, 11) is 0. The minimum atomic E-state index is 0.186. The van der Waals surface area contributed by atoms with E-state index in [0.29, 0.717) is 0 Å². The molecule has 0 radical (unpaired) electrons.